The van der Waals surface area contributed by atoms with E-state index in [0.717, 1.165) is 58.0 Å². The number of hydrogen-bond donors (Lipinski definition) is 4. The zero-order chi connectivity index (χ0) is 15.9. The summed E-state index contributed by atoms with van der Waals surface area (Å²) >= 11 is 0. The Bertz CT molecular complexity index is 285. The zero-order valence-corrected chi connectivity index (χ0v) is 12.9. The van der Waals surface area contributed by atoms with Crippen LogP contribution in [0.15, 0.2) is 0 Å². The largest absolute Gasteiger partial charge is 0.481 e. The van der Waals surface area contributed by atoms with Gasteiger partial charge in [0.2, 0.25) is 0 Å². The topological polar surface area (TPSA) is 113 Å². The third kappa shape index (κ3) is 15.1. The van der Waals surface area contributed by atoms with Crippen LogP contribution in [-0.2, 0) is 9.59 Å². The van der Waals surface area contributed by atoms with Gasteiger partial charge in [0, 0.05) is 6.42 Å². The van der Waals surface area contributed by atoms with Crippen molar-refractivity contribution in [2.24, 2.45) is 5.73 Å². The molecule has 0 aromatic rings. The predicted octanol–water partition coefficient (Wildman–Crippen LogP) is 1.97. The number of carboxylic acids is 2. The molecule has 0 saturated heterocycles. The number of hydrogen-bond acceptors (Lipinski definition) is 4. The van der Waals surface area contributed by atoms with Crippen molar-refractivity contribution in [1.82, 2.24) is 5.32 Å². The van der Waals surface area contributed by atoms with Gasteiger partial charge >= 0.3 is 11.9 Å². The molecule has 0 saturated carbocycles. The first-order valence-corrected chi connectivity index (χ1v) is 7.95. The summed E-state index contributed by atoms with van der Waals surface area (Å²) in [6.07, 6.45) is 8.98. The van der Waals surface area contributed by atoms with Crippen molar-refractivity contribution in [1.29, 1.82) is 0 Å². The van der Waals surface area contributed by atoms with E-state index in [1.54, 1.807) is 0 Å². The Hall–Kier alpha value is -1.14. The molecule has 0 aromatic heterocycles. The van der Waals surface area contributed by atoms with E-state index in [4.69, 9.17) is 15.9 Å². The van der Waals surface area contributed by atoms with Crippen LogP contribution >= 0.6 is 0 Å². The average Bonchev–Trinajstić information content (AvgIpc) is 2.43. The molecule has 0 fully saturated rings. The van der Waals surface area contributed by atoms with Crippen molar-refractivity contribution < 1.29 is 19.8 Å². The molecule has 6 heteroatoms. The van der Waals surface area contributed by atoms with Gasteiger partial charge in [0.1, 0.15) is 6.04 Å². The SMILES string of the molecule is N[C@@H](CCCCNCCCCCCCCC(=O)O)C(=O)O. The van der Waals surface area contributed by atoms with Crippen LogP contribution in [0.4, 0.5) is 0 Å². The Balaban J connectivity index is 3.09. The monoisotopic (exact) mass is 302 g/mol. The van der Waals surface area contributed by atoms with E-state index in [1.807, 2.05) is 0 Å². The highest BCUT2D eigenvalue weighted by Gasteiger charge is 2.09. The minimum absolute atomic E-state index is 0.285. The molecule has 0 aromatic carbocycles. The number of carbonyl (C=O) groups is 2. The Morgan fingerprint density at radius 1 is 0.857 bits per heavy atom. The molecule has 0 aliphatic rings. The van der Waals surface area contributed by atoms with E-state index < -0.39 is 18.0 Å². The summed E-state index contributed by atoms with van der Waals surface area (Å²) in [4.78, 5) is 20.8. The fourth-order valence-corrected chi connectivity index (χ4v) is 2.10. The van der Waals surface area contributed by atoms with E-state index in [-0.39, 0.29) is 6.42 Å². The summed E-state index contributed by atoms with van der Waals surface area (Å²) in [6, 6.07) is -0.730. The summed E-state index contributed by atoms with van der Waals surface area (Å²) < 4.78 is 0. The van der Waals surface area contributed by atoms with E-state index in [9.17, 15) is 9.59 Å². The van der Waals surface area contributed by atoms with Gasteiger partial charge in [-0.05, 0) is 38.8 Å². The van der Waals surface area contributed by atoms with Crippen molar-refractivity contribution in [2.75, 3.05) is 13.1 Å². The lowest BCUT2D eigenvalue weighted by atomic mass is 10.1. The minimum atomic E-state index is -0.925. The average molecular weight is 302 g/mol. The summed E-state index contributed by atoms with van der Waals surface area (Å²) in [6.45, 7) is 1.89. The zero-order valence-electron chi connectivity index (χ0n) is 12.9. The van der Waals surface area contributed by atoms with Crippen LogP contribution in [0.3, 0.4) is 0 Å². The van der Waals surface area contributed by atoms with Crippen molar-refractivity contribution in [3.63, 3.8) is 0 Å². The highest BCUT2D eigenvalue weighted by molar-refractivity contribution is 5.72. The quantitative estimate of drug-likeness (QED) is 0.344. The maximum atomic E-state index is 10.5. The van der Waals surface area contributed by atoms with E-state index >= 15 is 0 Å². The van der Waals surface area contributed by atoms with Crippen LogP contribution in [0.25, 0.3) is 0 Å². The van der Waals surface area contributed by atoms with Crippen LogP contribution in [0.2, 0.25) is 0 Å². The Morgan fingerprint density at radius 2 is 1.38 bits per heavy atom. The molecule has 0 heterocycles. The Kier molecular flexibility index (Phi) is 13.1. The van der Waals surface area contributed by atoms with E-state index in [1.165, 1.54) is 6.42 Å². The Morgan fingerprint density at radius 3 is 1.95 bits per heavy atom. The molecule has 21 heavy (non-hydrogen) atoms. The maximum absolute atomic E-state index is 10.5. The van der Waals surface area contributed by atoms with Crippen molar-refractivity contribution >= 4 is 11.9 Å². The normalized spacial score (nSPS) is 12.2. The lowest BCUT2D eigenvalue weighted by Crippen LogP contribution is -2.30. The van der Waals surface area contributed by atoms with Gasteiger partial charge in [0.05, 0.1) is 0 Å². The smallest absolute Gasteiger partial charge is 0.320 e. The molecule has 0 spiro atoms. The van der Waals surface area contributed by atoms with Gasteiger partial charge in [-0.2, -0.15) is 0 Å². The number of nitrogens with one attached hydrogen (secondary N) is 1. The van der Waals surface area contributed by atoms with Crippen molar-refractivity contribution in [3.05, 3.63) is 0 Å². The third-order valence-corrected chi connectivity index (χ3v) is 3.43. The van der Waals surface area contributed by atoms with Crippen LogP contribution in [0, 0.1) is 0 Å². The summed E-state index contributed by atoms with van der Waals surface area (Å²) in [5.74, 6) is -1.63. The molecule has 1 atom stereocenters. The molecule has 6 nitrogen and oxygen atoms in total. The van der Waals surface area contributed by atoms with Gasteiger partial charge in [0.15, 0.2) is 0 Å². The van der Waals surface area contributed by atoms with Crippen LogP contribution < -0.4 is 11.1 Å². The number of rotatable bonds is 15. The molecule has 0 aliphatic carbocycles. The summed E-state index contributed by atoms with van der Waals surface area (Å²) in [5.41, 5.74) is 5.41. The fourth-order valence-electron chi connectivity index (χ4n) is 2.10. The Labute approximate surface area is 127 Å². The summed E-state index contributed by atoms with van der Waals surface area (Å²) in [5, 5.41) is 20.4. The molecule has 0 rings (SSSR count). The van der Waals surface area contributed by atoms with Crippen molar-refractivity contribution in [3.8, 4) is 0 Å². The first kappa shape index (κ1) is 19.9. The third-order valence-electron chi connectivity index (χ3n) is 3.43. The number of aliphatic carboxylic acids is 2. The number of nitrogens with two attached hydrogens (primary N) is 1. The lowest BCUT2D eigenvalue weighted by molar-refractivity contribution is -0.139. The molecular formula is C15H30N2O4. The molecule has 5 N–H and O–H groups in total. The molecular weight excluding hydrogens is 272 g/mol. The minimum Gasteiger partial charge on any atom is -0.481 e. The standard InChI is InChI=1S/C15H30N2O4/c16-13(15(20)21)9-6-8-12-17-11-7-4-2-1-3-5-10-14(18)19/h13,17H,1-12,16H2,(H,18,19)(H,20,21)/t13-/m0/s1. The van der Waals surface area contributed by atoms with E-state index in [2.05, 4.69) is 5.32 Å². The first-order valence-electron chi connectivity index (χ1n) is 7.95. The molecule has 0 aliphatic heterocycles. The fraction of sp³-hybridized carbons (Fsp3) is 0.867. The van der Waals surface area contributed by atoms with Gasteiger partial charge in [-0.1, -0.05) is 32.1 Å². The number of carboxylic acid groups (broad SMARTS) is 2. The summed E-state index contributed by atoms with van der Waals surface area (Å²) in [7, 11) is 0. The van der Waals surface area contributed by atoms with Crippen LogP contribution in [-0.4, -0.2) is 41.3 Å². The van der Waals surface area contributed by atoms with Gasteiger partial charge in [-0.25, -0.2) is 0 Å². The highest BCUT2D eigenvalue weighted by Crippen LogP contribution is 2.06. The molecule has 0 bridgehead atoms. The van der Waals surface area contributed by atoms with Gasteiger partial charge < -0.3 is 21.3 Å². The van der Waals surface area contributed by atoms with Gasteiger partial charge in [-0.3, -0.25) is 9.59 Å². The predicted molar refractivity (Wildman–Crippen MR) is 82.3 cm³/mol. The molecule has 0 unspecified atom stereocenters. The highest BCUT2D eigenvalue weighted by atomic mass is 16.4. The maximum Gasteiger partial charge on any atom is 0.320 e. The second kappa shape index (κ2) is 13.8. The lowest BCUT2D eigenvalue weighted by Gasteiger charge is -2.07. The second-order valence-corrected chi connectivity index (χ2v) is 5.46. The molecule has 0 radical (unpaired) electrons. The van der Waals surface area contributed by atoms with Crippen LogP contribution in [0.5, 0.6) is 0 Å². The van der Waals surface area contributed by atoms with Gasteiger partial charge in [0.25, 0.3) is 0 Å². The van der Waals surface area contributed by atoms with E-state index in [0.29, 0.717) is 6.42 Å². The molecule has 124 valence electrons. The van der Waals surface area contributed by atoms with Gasteiger partial charge in [-0.15, -0.1) is 0 Å². The second-order valence-electron chi connectivity index (χ2n) is 5.46. The molecule has 0 amide bonds. The first-order chi connectivity index (χ1) is 10.0. The van der Waals surface area contributed by atoms with Crippen LogP contribution in [0.1, 0.15) is 64.2 Å². The van der Waals surface area contributed by atoms with Crippen molar-refractivity contribution in [2.45, 2.75) is 70.3 Å². The number of unbranched alkanes of at least 4 members (excludes halogenated alkanes) is 6.